The maximum absolute atomic E-state index is 11.7. The maximum Gasteiger partial charge on any atom is 0.220 e. The molecule has 2 unspecified atom stereocenters. The van der Waals surface area contributed by atoms with E-state index in [2.05, 4.69) is 5.32 Å². The van der Waals surface area contributed by atoms with Crippen LogP contribution in [0.25, 0.3) is 0 Å². The van der Waals surface area contributed by atoms with E-state index in [-0.39, 0.29) is 12.0 Å². The molecule has 0 radical (unpaired) electrons. The van der Waals surface area contributed by atoms with E-state index >= 15 is 0 Å². The molecular formula is C15H20ClNO2S. The van der Waals surface area contributed by atoms with Gasteiger partial charge in [-0.1, -0.05) is 11.6 Å². The average molecular weight is 314 g/mol. The molecule has 0 saturated heterocycles. The van der Waals surface area contributed by atoms with Crippen molar-refractivity contribution in [1.29, 1.82) is 0 Å². The van der Waals surface area contributed by atoms with Crippen LogP contribution in [0.4, 0.5) is 0 Å². The molecule has 2 N–H and O–H groups in total. The van der Waals surface area contributed by atoms with E-state index in [4.69, 9.17) is 11.6 Å². The molecule has 0 heterocycles. The number of hydrogen-bond acceptors (Lipinski definition) is 3. The van der Waals surface area contributed by atoms with E-state index in [0.717, 1.165) is 34.9 Å². The quantitative estimate of drug-likeness (QED) is 0.793. The zero-order valence-electron chi connectivity index (χ0n) is 11.3. The molecule has 1 amide bonds. The fourth-order valence-electron chi connectivity index (χ4n) is 2.37. The standard InChI is InChI=1S/C15H20ClNO2S/c16-12-2-5-14(6-3-12)20-8-7-15(19)17-10-11-1-4-13(18)9-11/h2-3,5-6,11,13,18H,1,4,7-10H2,(H,17,19). The summed E-state index contributed by atoms with van der Waals surface area (Å²) in [6, 6.07) is 7.64. The van der Waals surface area contributed by atoms with E-state index in [1.807, 2.05) is 24.3 Å². The highest BCUT2D eigenvalue weighted by Crippen LogP contribution is 2.24. The lowest BCUT2D eigenvalue weighted by Crippen LogP contribution is -2.28. The minimum atomic E-state index is -0.169. The second-order valence-corrected chi connectivity index (χ2v) is 6.79. The van der Waals surface area contributed by atoms with Crippen molar-refractivity contribution in [3.05, 3.63) is 29.3 Å². The van der Waals surface area contributed by atoms with Crippen molar-refractivity contribution in [2.45, 2.75) is 36.7 Å². The Morgan fingerprint density at radius 3 is 2.75 bits per heavy atom. The van der Waals surface area contributed by atoms with E-state index in [0.29, 0.717) is 18.9 Å². The first-order chi connectivity index (χ1) is 9.63. The average Bonchev–Trinajstić information content (AvgIpc) is 2.85. The molecule has 20 heavy (non-hydrogen) atoms. The van der Waals surface area contributed by atoms with Gasteiger partial charge in [-0.2, -0.15) is 0 Å². The minimum Gasteiger partial charge on any atom is -0.393 e. The Kier molecular flexibility index (Phi) is 6.20. The van der Waals surface area contributed by atoms with Crippen LogP contribution in [0.5, 0.6) is 0 Å². The Balaban J connectivity index is 1.59. The van der Waals surface area contributed by atoms with Crippen LogP contribution < -0.4 is 5.32 Å². The third-order valence-electron chi connectivity index (χ3n) is 3.51. The van der Waals surface area contributed by atoms with Crippen LogP contribution in [0.2, 0.25) is 5.02 Å². The van der Waals surface area contributed by atoms with Gasteiger partial charge < -0.3 is 10.4 Å². The summed E-state index contributed by atoms with van der Waals surface area (Å²) in [7, 11) is 0. The highest BCUT2D eigenvalue weighted by Gasteiger charge is 2.22. The number of thioether (sulfide) groups is 1. The molecule has 0 aromatic heterocycles. The van der Waals surface area contributed by atoms with E-state index < -0.39 is 0 Å². The Hall–Kier alpha value is -0.710. The van der Waals surface area contributed by atoms with Crippen molar-refractivity contribution >= 4 is 29.3 Å². The lowest BCUT2D eigenvalue weighted by Gasteiger charge is -2.10. The number of carbonyl (C=O) groups excluding carboxylic acids is 1. The van der Waals surface area contributed by atoms with Crippen molar-refractivity contribution < 1.29 is 9.90 Å². The molecule has 1 aliphatic carbocycles. The first-order valence-corrected chi connectivity index (χ1v) is 8.33. The molecule has 0 spiro atoms. The zero-order valence-corrected chi connectivity index (χ0v) is 12.9. The molecular weight excluding hydrogens is 294 g/mol. The Bertz CT molecular complexity index is 438. The topological polar surface area (TPSA) is 49.3 Å². The Morgan fingerprint density at radius 2 is 2.10 bits per heavy atom. The Morgan fingerprint density at radius 1 is 1.35 bits per heavy atom. The van der Waals surface area contributed by atoms with Gasteiger partial charge in [-0.25, -0.2) is 0 Å². The summed E-state index contributed by atoms with van der Waals surface area (Å²) in [6.45, 7) is 0.696. The molecule has 0 aliphatic heterocycles. The number of rotatable bonds is 6. The second kappa shape index (κ2) is 7.91. The van der Waals surface area contributed by atoms with Crippen LogP contribution >= 0.6 is 23.4 Å². The summed E-state index contributed by atoms with van der Waals surface area (Å²) in [5, 5.41) is 13.1. The van der Waals surface area contributed by atoms with Gasteiger partial charge in [0, 0.05) is 28.6 Å². The van der Waals surface area contributed by atoms with Crippen molar-refractivity contribution in [1.82, 2.24) is 5.32 Å². The highest BCUT2D eigenvalue weighted by atomic mass is 35.5. The molecule has 1 aliphatic rings. The van der Waals surface area contributed by atoms with Crippen LogP contribution in [-0.2, 0) is 4.79 Å². The van der Waals surface area contributed by atoms with Crippen molar-refractivity contribution in [2.24, 2.45) is 5.92 Å². The van der Waals surface area contributed by atoms with Gasteiger partial charge in [0.05, 0.1) is 6.10 Å². The molecule has 3 nitrogen and oxygen atoms in total. The largest absolute Gasteiger partial charge is 0.393 e. The number of benzene rings is 1. The summed E-state index contributed by atoms with van der Waals surface area (Å²) in [6.07, 6.45) is 3.05. The monoisotopic (exact) mass is 313 g/mol. The van der Waals surface area contributed by atoms with Crippen molar-refractivity contribution in [3.63, 3.8) is 0 Å². The van der Waals surface area contributed by atoms with Crippen LogP contribution in [0.3, 0.4) is 0 Å². The van der Waals surface area contributed by atoms with Crippen LogP contribution in [0.15, 0.2) is 29.2 Å². The molecule has 110 valence electrons. The van der Waals surface area contributed by atoms with Gasteiger partial charge >= 0.3 is 0 Å². The number of aliphatic hydroxyl groups excluding tert-OH is 1. The van der Waals surface area contributed by atoms with E-state index in [1.165, 1.54) is 0 Å². The SMILES string of the molecule is O=C(CCSc1ccc(Cl)cc1)NCC1CCC(O)C1. The molecule has 5 heteroatoms. The first-order valence-electron chi connectivity index (χ1n) is 6.96. The van der Waals surface area contributed by atoms with Crippen LogP contribution in [-0.4, -0.2) is 29.4 Å². The summed E-state index contributed by atoms with van der Waals surface area (Å²) in [5.74, 6) is 1.30. The van der Waals surface area contributed by atoms with Gasteiger partial charge in [-0.3, -0.25) is 4.79 Å². The van der Waals surface area contributed by atoms with Crippen molar-refractivity contribution in [2.75, 3.05) is 12.3 Å². The summed E-state index contributed by atoms with van der Waals surface area (Å²) >= 11 is 7.48. The van der Waals surface area contributed by atoms with Crippen LogP contribution in [0, 0.1) is 5.92 Å². The van der Waals surface area contributed by atoms with Gasteiger partial charge in [-0.15, -0.1) is 11.8 Å². The predicted octanol–water partition coefficient (Wildman–Crippen LogP) is 3.10. The minimum absolute atomic E-state index is 0.0906. The zero-order chi connectivity index (χ0) is 14.4. The molecule has 1 saturated carbocycles. The summed E-state index contributed by atoms with van der Waals surface area (Å²) < 4.78 is 0. The smallest absolute Gasteiger partial charge is 0.220 e. The molecule has 0 bridgehead atoms. The number of hydrogen-bond donors (Lipinski definition) is 2. The maximum atomic E-state index is 11.7. The third-order valence-corrected chi connectivity index (χ3v) is 4.78. The van der Waals surface area contributed by atoms with Gasteiger partial charge in [0.2, 0.25) is 5.91 Å². The fraction of sp³-hybridized carbons (Fsp3) is 0.533. The fourth-order valence-corrected chi connectivity index (χ4v) is 3.35. The first kappa shape index (κ1) is 15.7. The molecule has 2 atom stereocenters. The predicted molar refractivity (Wildman–Crippen MR) is 83.2 cm³/mol. The Labute approximate surface area is 129 Å². The number of nitrogens with one attached hydrogen (secondary N) is 1. The molecule has 2 rings (SSSR count). The number of halogens is 1. The second-order valence-electron chi connectivity index (χ2n) is 5.19. The molecule has 1 aromatic carbocycles. The number of amides is 1. The van der Waals surface area contributed by atoms with Crippen LogP contribution in [0.1, 0.15) is 25.7 Å². The molecule has 1 fully saturated rings. The van der Waals surface area contributed by atoms with Gasteiger partial charge in [0.15, 0.2) is 0 Å². The number of carbonyl (C=O) groups is 1. The normalized spacial score (nSPS) is 21.9. The molecule has 1 aromatic rings. The lowest BCUT2D eigenvalue weighted by molar-refractivity contribution is -0.120. The highest BCUT2D eigenvalue weighted by molar-refractivity contribution is 7.99. The van der Waals surface area contributed by atoms with E-state index in [9.17, 15) is 9.90 Å². The number of aliphatic hydroxyl groups is 1. The summed E-state index contributed by atoms with van der Waals surface area (Å²) in [4.78, 5) is 12.8. The van der Waals surface area contributed by atoms with Gasteiger partial charge in [-0.05, 0) is 49.4 Å². The van der Waals surface area contributed by atoms with Crippen molar-refractivity contribution in [3.8, 4) is 0 Å². The summed E-state index contributed by atoms with van der Waals surface area (Å²) in [5.41, 5.74) is 0. The lowest BCUT2D eigenvalue weighted by atomic mass is 10.1. The van der Waals surface area contributed by atoms with Gasteiger partial charge in [0.25, 0.3) is 0 Å². The van der Waals surface area contributed by atoms with E-state index in [1.54, 1.807) is 11.8 Å². The van der Waals surface area contributed by atoms with Gasteiger partial charge in [0.1, 0.15) is 0 Å². The third kappa shape index (κ3) is 5.35.